The highest BCUT2D eigenvalue weighted by Gasteiger charge is 2.17. The van der Waals surface area contributed by atoms with Crippen LogP contribution in [0.3, 0.4) is 0 Å². The number of rotatable bonds is 3. The summed E-state index contributed by atoms with van der Waals surface area (Å²) in [6, 6.07) is 12.9. The van der Waals surface area contributed by atoms with Gasteiger partial charge in [-0.05, 0) is 30.3 Å². The number of aryl methyl sites for hydroxylation is 1. The number of fused-ring (bicyclic) bond motifs is 1. The molecule has 0 spiro atoms. The molecule has 1 aromatic carbocycles. The van der Waals surface area contributed by atoms with Gasteiger partial charge in [0.2, 0.25) is 11.5 Å². The average molecular weight is 339 g/mol. The van der Waals surface area contributed by atoms with Crippen molar-refractivity contribution in [1.29, 1.82) is 0 Å². The van der Waals surface area contributed by atoms with Gasteiger partial charge in [-0.25, -0.2) is 14.5 Å². The largest absolute Gasteiger partial charge is 0.412 e. The van der Waals surface area contributed by atoms with Gasteiger partial charge in [0.25, 0.3) is 5.91 Å². The second-order valence-corrected chi connectivity index (χ2v) is 5.56. The maximum atomic E-state index is 11.4. The van der Waals surface area contributed by atoms with Crippen molar-refractivity contribution in [2.24, 2.45) is 7.05 Å². The number of benzene rings is 1. The second-order valence-electron chi connectivity index (χ2n) is 5.56. The maximum absolute atomic E-state index is 11.4. The van der Waals surface area contributed by atoms with Crippen LogP contribution < -0.4 is 19.8 Å². The van der Waals surface area contributed by atoms with Crippen LogP contribution in [-0.4, -0.2) is 23.6 Å². The molecule has 2 aromatic heterocycles. The lowest BCUT2D eigenvalue weighted by Gasteiger charge is -2.04. The molecule has 0 atom stereocenters. The molecule has 3 aromatic rings. The van der Waals surface area contributed by atoms with Crippen LogP contribution >= 0.6 is 0 Å². The fourth-order valence-corrected chi connectivity index (χ4v) is 2.65. The van der Waals surface area contributed by atoms with Gasteiger partial charge in [-0.1, -0.05) is 0 Å². The second kappa shape index (κ2) is 6.64. The first kappa shape index (κ1) is 16.5. The van der Waals surface area contributed by atoms with E-state index >= 15 is 0 Å². The quantitative estimate of drug-likeness (QED) is 0.718. The topological polar surface area (TPSA) is 76.5 Å². The summed E-state index contributed by atoms with van der Waals surface area (Å²) in [6.45, 7) is 1.48. The molecule has 3 rings (SSSR count). The molecule has 0 unspecified atom stereocenters. The monoisotopic (exact) mass is 339 g/mol. The van der Waals surface area contributed by atoms with Crippen LogP contribution in [0.1, 0.15) is 6.92 Å². The van der Waals surface area contributed by atoms with Crippen LogP contribution in [0.15, 0.2) is 48.7 Å². The Labute approximate surface area is 144 Å². The lowest BCUT2D eigenvalue weighted by Crippen LogP contribution is -2.26. The summed E-state index contributed by atoms with van der Waals surface area (Å²) in [4.78, 5) is 22.6. The van der Waals surface area contributed by atoms with Crippen LogP contribution in [-0.2, 0) is 11.8 Å². The molecule has 0 radical (unpaired) electrons. The standard InChI is InChI=1S/C18H18N4O3/c1-12(23)20-16-5-4-6-17-21(3)15(11-22(16)17)13-7-9-14(10-8-13)25-18(24)19-2/h4-11H,1-3H3,(H,19,24)/p+1. The van der Waals surface area contributed by atoms with Crippen molar-refractivity contribution < 1.29 is 18.7 Å². The minimum absolute atomic E-state index is 0.124. The van der Waals surface area contributed by atoms with E-state index in [1.54, 1.807) is 12.1 Å². The molecule has 128 valence electrons. The Morgan fingerprint density at radius 1 is 1.12 bits per heavy atom. The van der Waals surface area contributed by atoms with E-state index in [0.29, 0.717) is 11.6 Å². The summed E-state index contributed by atoms with van der Waals surface area (Å²) in [5.74, 6) is 1.04. The van der Waals surface area contributed by atoms with Gasteiger partial charge in [0, 0.05) is 31.7 Å². The molecular weight excluding hydrogens is 320 g/mol. The number of pyridine rings is 1. The minimum Gasteiger partial charge on any atom is -0.410 e. The number of ether oxygens (including phenoxy) is 1. The molecule has 0 aliphatic carbocycles. The highest BCUT2D eigenvalue weighted by Crippen LogP contribution is 2.23. The lowest BCUT2D eigenvalue weighted by molar-refractivity contribution is -0.494. The van der Waals surface area contributed by atoms with Crippen LogP contribution in [0.25, 0.3) is 16.9 Å². The SMILES string of the molecule is CNC(=O)Oc1ccc(-c2c[n+]3c(NC(C)=O)cccc3n2C)cc1. The van der Waals surface area contributed by atoms with E-state index in [4.69, 9.17) is 4.74 Å². The van der Waals surface area contributed by atoms with Gasteiger partial charge in [0.1, 0.15) is 17.6 Å². The Bertz CT molecular complexity index is 945. The highest BCUT2D eigenvalue weighted by atomic mass is 16.5. The number of nitrogens with one attached hydrogen (secondary N) is 2. The van der Waals surface area contributed by atoms with Gasteiger partial charge in [-0.15, -0.1) is 0 Å². The minimum atomic E-state index is -0.507. The molecule has 2 heterocycles. The zero-order valence-corrected chi connectivity index (χ0v) is 14.2. The van der Waals surface area contributed by atoms with E-state index in [1.807, 2.05) is 52.5 Å². The summed E-state index contributed by atoms with van der Waals surface area (Å²) in [6.07, 6.45) is 1.45. The van der Waals surface area contributed by atoms with Crippen LogP contribution in [0.4, 0.5) is 10.6 Å². The normalized spacial score (nSPS) is 10.5. The highest BCUT2D eigenvalue weighted by molar-refractivity contribution is 5.87. The van der Waals surface area contributed by atoms with E-state index in [1.165, 1.54) is 14.0 Å². The fraction of sp³-hybridized carbons (Fsp3) is 0.167. The average Bonchev–Trinajstić information content (AvgIpc) is 2.93. The molecule has 0 bridgehead atoms. The Balaban J connectivity index is 2.00. The maximum Gasteiger partial charge on any atom is 0.412 e. The number of amides is 2. The number of imidazole rings is 1. The summed E-state index contributed by atoms with van der Waals surface area (Å²) in [5, 5.41) is 5.23. The van der Waals surface area contributed by atoms with Crippen molar-refractivity contribution in [3.05, 3.63) is 48.7 Å². The Hall–Kier alpha value is -3.35. The van der Waals surface area contributed by atoms with Crippen molar-refractivity contribution in [1.82, 2.24) is 9.88 Å². The van der Waals surface area contributed by atoms with Gasteiger partial charge in [0.15, 0.2) is 0 Å². The number of carbonyl (C=O) groups excluding carboxylic acids is 2. The third kappa shape index (κ3) is 3.30. The predicted molar refractivity (Wildman–Crippen MR) is 93.4 cm³/mol. The molecule has 2 amide bonds. The van der Waals surface area contributed by atoms with E-state index < -0.39 is 6.09 Å². The van der Waals surface area contributed by atoms with E-state index in [9.17, 15) is 9.59 Å². The van der Waals surface area contributed by atoms with Gasteiger partial charge < -0.3 is 10.1 Å². The fourth-order valence-electron chi connectivity index (χ4n) is 2.65. The molecule has 7 heteroatoms. The number of hydrogen-bond donors (Lipinski definition) is 2. The Morgan fingerprint density at radius 2 is 1.84 bits per heavy atom. The summed E-state index contributed by atoms with van der Waals surface area (Å²) in [5.41, 5.74) is 2.86. The number of anilines is 1. The van der Waals surface area contributed by atoms with Crippen molar-refractivity contribution in [3.8, 4) is 17.0 Å². The number of carbonyl (C=O) groups is 2. The molecule has 0 saturated carbocycles. The summed E-state index contributed by atoms with van der Waals surface area (Å²) >= 11 is 0. The van der Waals surface area contributed by atoms with Crippen molar-refractivity contribution in [3.63, 3.8) is 0 Å². The zero-order chi connectivity index (χ0) is 18.0. The van der Waals surface area contributed by atoms with E-state index in [2.05, 4.69) is 10.6 Å². The molecule has 2 N–H and O–H groups in total. The smallest absolute Gasteiger partial charge is 0.410 e. The molecular formula is C18H19N4O3+. The van der Waals surface area contributed by atoms with Crippen molar-refractivity contribution in [2.45, 2.75) is 6.92 Å². The molecule has 0 aliphatic heterocycles. The van der Waals surface area contributed by atoms with Crippen molar-refractivity contribution >= 4 is 23.5 Å². The number of aromatic nitrogens is 2. The zero-order valence-electron chi connectivity index (χ0n) is 14.2. The third-order valence-electron chi connectivity index (χ3n) is 3.83. The summed E-state index contributed by atoms with van der Waals surface area (Å²) in [7, 11) is 3.47. The first-order chi connectivity index (χ1) is 12.0. The van der Waals surface area contributed by atoms with E-state index in [0.717, 1.165) is 16.9 Å². The first-order valence-electron chi connectivity index (χ1n) is 7.77. The molecule has 25 heavy (non-hydrogen) atoms. The number of nitrogens with zero attached hydrogens (tertiary/aromatic N) is 2. The molecule has 7 nitrogen and oxygen atoms in total. The Morgan fingerprint density at radius 3 is 2.48 bits per heavy atom. The van der Waals surface area contributed by atoms with Crippen molar-refractivity contribution in [2.75, 3.05) is 12.4 Å². The lowest BCUT2D eigenvalue weighted by atomic mass is 10.1. The first-order valence-corrected chi connectivity index (χ1v) is 7.77. The number of hydrogen-bond acceptors (Lipinski definition) is 3. The molecule has 0 aliphatic rings. The van der Waals surface area contributed by atoms with Gasteiger partial charge in [-0.2, -0.15) is 0 Å². The molecule has 0 fully saturated rings. The molecule has 0 saturated heterocycles. The van der Waals surface area contributed by atoms with Crippen LogP contribution in [0.2, 0.25) is 0 Å². The van der Waals surface area contributed by atoms with Gasteiger partial charge in [0.05, 0.1) is 7.05 Å². The van der Waals surface area contributed by atoms with Crippen LogP contribution in [0.5, 0.6) is 5.75 Å². The predicted octanol–water partition coefficient (Wildman–Crippen LogP) is 2.11. The van der Waals surface area contributed by atoms with E-state index in [-0.39, 0.29) is 5.91 Å². The summed E-state index contributed by atoms with van der Waals surface area (Å²) < 4.78 is 9.05. The van der Waals surface area contributed by atoms with Gasteiger partial charge in [-0.3, -0.25) is 9.36 Å². The van der Waals surface area contributed by atoms with Gasteiger partial charge >= 0.3 is 6.09 Å². The third-order valence-corrected chi connectivity index (χ3v) is 3.83. The van der Waals surface area contributed by atoms with Crippen LogP contribution in [0, 0.1) is 0 Å². The Kier molecular flexibility index (Phi) is 4.38.